The lowest BCUT2D eigenvalue weighted by molar-refractivity contribution is -0.116. The third-order valence-corrected chi connectivity index (χ3v) is 13.7. The summed E-state index contributed by atoms with van der Waals surface area (Å²) >= 11 is 1.10. The molecule has 0 spiro atoms. The molecule has 368 valence electrons. The molecule has 8 N–H and O–H groups in total. The van der Waals surface area contributed by atoms with Crippen LogP contribution >= 0.6 is 19.6 Å². The third kappa shape index (κ3) is 12.7. The van der Waals surface area contributed by atoms with Gasteiger partial charge in [-0.05, 0) is 61.7 Å². The zero-order valence-electron chi connectivity index (χ0n) is 37.5. The normalized spacial score (nSPS) is 16.8. The van der Waals surface area contributed by atoms with Gasteiger partial charge in [0.05, 0.1) is 29.8 Å². The van der Waals surface area contributed by atoms with Crippen LogP contribution in [0.15, 0.2) is 90.6 Å². The number of phenols is 1. The second-order valence-electron chi connectivity index (χ2n) is 16.7. The first-order valence-electron chi connectivity index (χ1n) is 22.4. The second-order valence-corrected chi connectivity index (χ2v) is 19.3. The molecule has 2 aromatic carbocycles. The summed E-state index contributed by atoms with van der Waals surface area (Å²) in [5, 5.41) is 55.2. The first-order chi connectivity index (χ1) is 33.0. The van der Waals surface area contributed by atoms with Gasteiger partial charge in [-0.3, -0.25) is 37.5 Å². The van der Waals surface area contributed by atoms with Gasteiger partial charge in [-0.15, -0.1) is 11.8 Å². The maximum absolute atomic E-state index is 12.8. The summed E-state index contributed by atoms with van der Waals surface area (Å²) in [6.45, 7) is 1.11. The van der Waals surface area contributed by atoms with Crippen LogP contribution in [0.5, 0.6) is 17.5 Å². The van der Waals surface area contributed by atoms with Crippen molar-refractivity contribution in [3.8, 4) is 40.0 Å². The van der Waals surface area contributed by atoms with Gasteiger partial charge in [-0.1, -0.05) is 44.6 Å². The number of carbonyl (C=O) groups is 2. The highest BCUT2D eigenvalue weighted by atomic mass is 32.2. The number of phenolic OH excluding ortho intramolecular Hbond substituents is 1. The monoisotopic (exact) mass is 992 g/mol. The predicted octanol–water partition coefficient (Wildman–Crippen LogP) is 7.06. The van der Waals surface area contributed by atoms with E-state index in [9.17, 15) is 59.0 Å². The summed E-state index contributed by atoms with van der Waals surface area (Å²) in [6.07, 6.45) is 5.23. The summed E-state index contributed by atoms with van der Waals surface area (Å²) in [5.74, 6) is -1.43. The van der Waals surface area contributed by atoms with Gasteiger partial charge < -0.3 is 44.9 Å². The number of H-pyrrole nitrogens is 1. The highest BCUT2D eigenvalue weighted by Crippen LogP contribution is 2.46. The van der Waals surface area contributed by atoms with Gasteiger partial charge in [0.2, 0.25) is 11.8 Å². The molecular weight excluding hydrogens is 940 g/mol. The Balaban J connectivity index is 0.769. The molecule has 69 heavy (non-hydrogen) atoms. The van der Waals surface area contributed by atoms with Crippen LogP contribution < -0.4 is 22.0 Å². The lowest BCUT2D eigenvalue weighted by Gasteiger charge is -2.18. The summed E-state index contributed by atoms with van der Waals surface area (Å²) in [7, 11) is -4.58. The number of benzene rings is 3. The lowest BCUT2D eigenvalue weighted by atomic mass is 9.90. The number of unbranched alkanes of at least 4 members (excludes halogenated alkanes) is 7. The average Bonchev–Trinajstić information content (AvgIpc) is 3.80. The van der Waals surface area contributed by atoms with Crippen molar-refractivity contribution >= 4 is 48.1 Å². The van der Waals surface area contributed by atoms with Crippen molar-refractivity contribution in [1.29, 1.82) is 0 Å². The number of phosphoric ester groups is 1. The van der Waals surface area contributed by atoms with Crippen LogP contribution in [-0.2, 0) is 29.7 Å². The number of amides is 1. The number of hydrogen-bond acceptors (Lipinski definition) is 15. The summed E-state index contributed by atoms with van der Waals surface area (Å²) in [4.78, 5) is 74.1. The fraction of sp³-hybridized carbons (Fsp3) is 0.383. The largest absolute Gasteiger partial charge is 0.508 e. The number of ether oxygens (including phenoxy) is 1. The molecule has 1 saturated heterocycles. The van der Waals surface area contributed by atoms with E-state index >= 15 is 0 Å². The summed E-state index contributed by atoms with van der Waals surface area (Å²) < 4.78 is 36.6. The van der Waals surface area contributed by atoms with E-state index in [0.717, 1.165) is 54.9 Å². The van der Waals surface area contributed by atoms with Gasteiger partial charge in [0, 0.05) is 77.3 Å². The first-order valence-corrected chi connectivity index (χ1v) is 24.8. The molecule has 0 bridgehead atoms. The molecule has 22 heteroatoms. The molecule has 0 radical (unpaired) electrons. The number of carboxylic acids is 1. The van der Waals surface area contributed by atoms with Gasteiger partial charge in [0.1, 0.15) is 29.4 Å². The number of carboxylic acid groups (broad SMARTS) is 1. The highest BCUT2D eigenvalue weighted by molar-refractivity contribution is 7.99. The number of aromatic carboxylic acids is 1. The Morgan fingerprint density at radius 1 is 0.913 bits per heavy atom. The number of rotatable bonds is 23. The number of aromatic hydroxyl groups is 3. The van der Waals surface area contributed by atoms with Crippen LogP contribution in [0.2, 0.25) is 0 Å². The number of nitrogens with one attached hydrogen (secondary N) is 2. The SMILES string of the molecule is Cc1cn([C@H]2C[C@@H](O)[C@@H](COP(=O)(O)OCCSc3cc(O)n(CCCCCCCCCCC(=O)Nc4ccc(-c5c6ccc(=O)cc-6oc6cc(O)ccc56)c(C(=O)O)c4)c3O)O2)c(=O)[nH]c1=O. The van der Waals surface area contributed by atoms with Gasteiger partial charge in [-0.25, -0.2) is 14.2 Å². The van der Waals surface area contributed by atoms with Crippen molar-refractivity contribution in [1.82, 2.24) is 14.1 Å². The fourth-order valence-electron chi connectivity index (χ4n) is 8.18. The molecule has 2 aromatic heterocycles. The van der Waals surface area contributed by atoms with Crippen LogP contribution in [0.25, 0.3) is 33.4 Å². The number of aliphatic hydroxyl groups is 1. The summed E-state index contributed by atoms with van der Waals surface area (Å²) in [5.41, 5.74) is 0.596. The van der Waals surface area contributed by atoms with E-state index in [0.29, 0.717) is 52.0 Å². The number of aromatic amines is 1. The maximum Gasteiger partial charge on any atom is 0.472 e. The third-order valence-electron chi connectivity index (χ3n) is 11.7. The minimum atomic E-state index is -4.58. The quantitative estimate of drug-likeness (QED) is 0.0138. The number of aliphatic hydroxyl groups excluding tert-OH is 1. The number of thioether (sulfide) groups is 1. The van der Waals surface area contributed by atoms with Crippen LogP contribution in [0, 0.1) is 6.92 Å². The number of aryl methyl sites for hydroxylation is 1. The fourth-order valence-corrected chi connectivity index (χ4v) is 9.85. The minimum absolute atomic E-state index is 0.0221. The molecule has 7 rings (SSSR count). The maximum atomic E-state index is 12.8. The molecule has 1 fully saturated rings. The van der Waals surface area contributed by atoms with E-state index in [1.54, 1.807) is 24.3 Å². The summed E-state index contributed by atoms with van der Waals surface area (Å²) in [6, 6.07) is 14.7. The second kappa shape index (κ2) is 22.5. The Labute approximate surface area is 398 Å². The van der Waals surface area contributed by atoms with Crippen molar-refractivity contribution in [3.05, 3.63) is 109 Å². The molecule has 3 aliphatic rings. The lowest BCUT2D eigenvalue weighted by Crippen LogP contribution is -2.33. The number of aromatic nitrogens is 3. The van der Waals surface area contributed by atoms with Crippen molar-refractivity contribution in [2.75, 3.05) is 24.3 Å². The van der Waals surface area contributed by atoms with E-state index in [-0.39, 0.29) is 76.5 Å². The minimum Gasteiger partial charge on any atom is -0.508 e. The van der Waals surface area contributed by atoms with Crippen molar-refractivity contribution < 1.29 is 62.8 Å². The standard InChI is InChI=1S/C47H53N4O16PS/c1-27-25-51(47(61)49-44(27)57)42-23-35(54)38(67-42)26-65-68(62,63)64-18-19-69-39-24-41(56)50(45(39)58)17-9-7-5-3-2-4-6-8-10-40(55)48-28-11-14-31(34(20-28)46(59)60)43-32-15-12-29(52)21-36(32)66-37-22-30(53)13-16-33(37)43/h11-16,20-22,24-25,35,38,42,52,54,56,58H,2-10,17-19,23,26H2,1H3,(H,48,55)(H,59,60)(H,62,63)(H,49,57,61)/t35-,38-,42-/m1/s1. The van der Waals surface area contributed by atoms with Gasteiger partial charge in [0.25, 0.3) is 5.56 Å². The van der Waals surface area contributed by atoms with Crippen LogP contribution in [0.1, 0.15) is 86.4 Å². The molecule has 20 nitrogen and oxygen atoms in total. The topological polar surface area (TPSA) is 302 Å². The molecule has 4 heterocycles. The number of phosphoric acid groups is 1. The van der Waals surface area contributed by atoms with Crippen LogP contribution in [-0.4, -0.2) is 87.6 Å². The van der Waals surface area contributed by atoms with E-state index < -0.39 is 50.1 Å². The molecule has 0 saturated carbocycles. The average molecular weight is 993 g/mol. The molecule has 2 aliphatic heterocycles. The predicted molar refractivity (Wildman–Crippen MR) is 254 cm³/mol. The zero-order valence-corrected chi connectivity index (χ0v) is 39.2. The molecule has 1 amide bonds. The van der Waals surface area contributed by atoms with Gasteiger partial charge in [-0.2, -0.15) is 0 Å². The highest BCUT2D eigenvalue weighted by Gasteiger charge is 2.38. The number of nitrogens with zero attached hydrogens (tertiary/aromatic N) is 2. The number of anilines is 1. The van der Waals surface area contributed by atoms with Crippen molar-refractivity contribution in [3.63, 3.8) is 0 Å². The smallest absolute Gasteiger partial charge is 0.472 e. The molecule has 4 aromatic rings. The molecule has 1 unspecified atom stereocenters. The Hall–Kier alpha value is -6.19. The number of carbonyl (C=O) groups excluding carboxylic acids is 1. The zero-order chi connectivity index (χ0) is 49.4. The van der Waals surface area contributed by atoms with Crippen LogP contribution in [0.4, 0.5) is 5.69 Å². The van der Waals surface area contributed by atoms with Gasteiger partial charge in [0.15, 0.2) is 11.3 Å². The van der Waals surface area contributed by atoms with E-state index in [1.165, 1.54) is 54.1 Å². The Morgan fingerprint density at radius 3 is 2.39 bits per heavy atom. The van der Waals surface area contributed by atoms with Crippen LogP contribution in [0.3, 0.4) is 0 Å². The Kier molecular flexibility index (Phi) is 16.5. The van der Waals surface area contributed by atoms with Crippen molar-refractivity contribution in [2.45, 2.75) is 101 Å². The Bertz CT molecular complexity index is 3020. The molecule has 1 aliphatic carbocycles. The Morgan fingerprint density at radius 2 is 1.64 bits per heavy atom. The van der Waals surface area contributed by atoms with Gasteiger partial charge >= 0.3 is 19.5 Å². The van der Waals surface area contributed by atoms with Crippen molar-refractivity contribution in [2.24, 2.45) is 0 Å². The molecule has 4 atom stereocenters. The van der Waals surface area contributed by atoms with E-state index in [2.05, 4.69) is 10.3 Å². The van der Waals surface area contributed by atoms with E-state index in [1.807, 2.05) is 0 Å². The number of hydrogen-bond donors (Lipinski definition) is 8. The number of fused-ring (bicyclic) bond motifs is 2. The molecular formula is C47H53N4O16PS. The van der Waals surface area contributed by atoms with E-state index in [4.69, 9.17) is 18.2 Å². The first kappa shape index (κ1) is 50.7.